The van der Waals surface area contributed by atoms with Crippen molar-refractivity contribution in [3.63, 3.8) is 0 Å². The Kier molecular flexibility index (Phi) is 5.27. The maximum Gasteiger partial charge on any atom is 0.254 e. The van der Waals surface area contributed by atoms with E-state index < -0.39 is 11.3 Å². The smallest absolute Gasteiger partial charge is 0.254 e. The summed E-state index contributed by atoms with van der Waals surface area (Å²) in [5, 5.41) is 2.85. The van der Waals surface area contributed by atoms with Gasteiger partial charge in [-0.2, -0.15) is 0 Å². The van der Waals surface area contributed by atoms with Gasteiger partial charge in [-0.15, -0.1) is 0 Å². The normalized spacial score (nSPS) is 21.0. The van der Waals surface area contributed by atoms with Crippen LogP contribution in [0.4, 0.5) is 11.4 Å². The Labute approximate surface area is 153 Å². The van der Waals surface area contributed by atoms with Gasteiger partial charge in [0, 0.05) is 25.0 Å². The highest BCUT2D eigenvalue weighted by Gasteiger charge is 2.47. The van der Waals surface area contributed by atoms with Crippen LogP contribution in [0.15, 0.2) is 23.2 Å². The molecule has 1 aliphatic carbocycles. The van der Waals surface area contributed by atoms with Crippen LogP contribution in [0.2, 0.25) is 0 Å². The van der Waals surface area contributed by atoms with Gasteiger partial charge in [-0.05, 0) is 43.5 Å². The number of amides is 2. The van der Waals surface area contributed by atoms with Gasteiger partial charge in [0.05, 0.1) is 6.61 Å². The Morgan fingerprint density at radius 2 is 2.04 bits per heavy atom. The van der Waals surface area contributed by atoms with Crippen molar-refractivity contribution in [3.05, 3.63) is 23.8 Å². The van der Waals surface area contributed by atoms with E-state index in [9.17, 15) is 9.59 Å². The summed E-state index contributed by atoms with van der Waals surface area (Å²) in [7, 11) is 1.75. The molecule has 1 radical (unpaired) electrons. The molecule has 2 amide bonds. The van der Waals surface area contributed by atoms with Gasteiger partial charge in [0.25, 0.3) is 5.91 Å². The second-order valence-electron chi connectivity index (χ2n) is 6.92. The lowest BCUT2D eigenvalue weighted by molar-refractivity contribution is -0.138. The third-order valence-corrected chi connectivity index (χ3v) is 5.33. The molecule has 139 valence electrons. The molecule has 1 saturated heterocycles. The van der Waals surface area contributed by atoms with Gasteiger partial charge in [-0.25, -0.2) is 0 Å². The predicted octanol–water partition coefficient (Wildman–Crippen LogP) is 2.17. The van der Waals surface area contributed by atoms with E-state index in [0.717, 1.165) is 36.5 Å². The van der Waals surface area contributed by atoms with Crippen LogP contribution < -0.4 is 16.0 Å². The molecule has 0 aromatic heterocycles. The lowest BCUT2D eigenvalue weighted by atomic mass is 9.84. The quantitative estimate of drug-likeness (QED) is 0.836. The van der Waals surface area contributed by atoms with Gasteiger partial charge in [0.1, 0.15) is 17.9 Å². The number of aliphatic imine (C=N–C) groups is 1. The second-order valence-corrected chi connectivity index (χ2v) is 6.92. The molecule has 7 heteroatoms. The first kappa shape index (κ1) is 18.4. The highest BCUT2D eigenvalue weighted by Crippen LogP contribution is 2.39. The second kappa shape index (κ2) is 7.45. The molecule has 1 aromatic carbocycles. The molecule has 2 aliphatic rings. The molecule has 2 fully saturated rings. The number of nitrogens with zero attached hydrogens (tertiary/aromatic N) is 2. The lowest BCUT2D eigenvalue weighted by Gasteiger charge is -2.31. The van der Waals surface area contributed by atoms with Gasteiger partial charge >= 0.3 is 0 Å². The van der Waals surface area contributed by atoms with E-state index in [0.29, 0.717) is 31.7 Å². The summed E-state index contributed by atoms with van der Waals surface area (Å²) in [4.78, 5) is 30.9. The molecule has 2 N–H and O–H groups in total. The fourth-order valence-corrected chi connectivity index (χ4v) is 3.79. The van der Waals surface area contributed by atoms with Gasteiger partial charge in [0.2, 0.25) is 5.91 Å². The number of carbonyl (C=O) groups is 2. The Morgan fingerprint density at radius 3 is 2.65 bits per heavy atom. The first-order valence-corrected chi connectivity index (χ1v) is 8.97. The van der Waals surface area contributed by atoms with E-state index in [1.807, 2.05) is 25.1 Å². The van der Waals surface area contributed by atoms with Crippen LogP contribution in [-0.2, 0) is 14.3 Å². The number of rotatable bonds is 4. The zero-order valence-electron chi connectivity index (χ0n) is 15.3. The Hall–Kier alpha value is -2.41. The third kappa shape index (κ3) is 3.31. The van der Waals surface area contributed by atoms with Crippen molar-refractivity contribution >= 4 is 29.0 Å². The van der Waals surface area contributed by atoms with Crippen molar-refractivity contribution in [1.82, 2.24) is 5.73 Å². The molecule has 1 saturated carbocycles. The van der Waals surface area contributed by atoms with E-state index in [2.05, 4.69) is 15.2 Å². The average molecular weight is 357 g/mol. The average Bonchev–Trinajstić information content (AvgIpc) is 3.13. The van der Waals surface area contributed by atoms with Crippen molar-refractivity contribution < 1.29 is 14.3 Å². The Bertz CT molecular complexity index is 738. The molecule has 0 bridgehead atoms. The van der Waals surface area contributed by atoms with Crippen LogP contribution in [0, 0.1) is 12.3 Å². The summed E-state index contributed by atoms with van der Waals surface area (Å²) in [5.74, 6) is -0.261. The summed E-state index contributed by atoms with van der Waals surface area (Å²) in [6.45, 7) is 3.85. The van der Waals surface area contributed by atoms with E-state index in [1.165, 1.54) is 0 Å². The number of hydrogen-bond donors (Lipinski definition) is 1. The van der Waals surface area contributed by atoms with Crippen molar-refractivity contribution in [2.24, 2.45) is 10.4 Å². The summed E-state index contributed by atoms with van der Waals surface area (Å²) in [6, 6.07) is 5.68. The molecule has 0 unspecified atom stereocenters. The van der Waals surface area contributed by atoms with Crippen LogP contribution in [0.5, 0.6) is 0 Å². The summed E-state index contributed by atoms with van der Waals surface area (Å²) in [6.07, 6.45) is 2.54. The van der Waals surface area contributed by atoms with E-state index in [-0.39, 0.29) is 5.91 Å². The minimum Gasteiger partial charge on any atom is -0.372 e. The van der Waals surface area contributed by atoms with Crippen LogP contribution in [0.1, 0.15) is 31.2 Å². The summed E-state index contributed by atoms with van der Waals surface area (Å²) in [5.41, 5.74) is 9.04. The van der Waals surface area contributed by atoms with Crippen LogP contribution in [0.3, 0.4) is 0 Å². The molecule has 1 aliphatic heterocycles. The fraction of sp³-hybridized carbons (Fsp3) is 0.526. The number of morpholine rings is 1. The Morgan fingerprint density at radius 1 is 1.31 bits per heavy atom. The highest BCUT2D eigenvalue weighted by atomic mass is 16.5. The van der Waals surface area contributed by atoms with Crippen LogP contribution in [-0.4, -0.2) is 44.5 Å². The highest BCUT2D eigenvalue weighted by molar-refractivity contribution is 6.10. The number of amidine groups is 1. The SMILES string of the molecule is CN=C1COCCN1c1ccc(NC(=O)C2(C([NH])=O)CCCC2)cc1C. The topological polar surface area (TPSA) is 94.8 Å². The molecular formula is C19H25N4O3. The van der Waals surface area contributed by atoms with E-state index in [1.54, 1.807) is 7.05 Å². The van der Waals surface area contributed by atoms with E-state index in [4.69, 9.17) is 10.5 Å². The zero-order chi connectivity index (χ0) is 18.7. The largest absolute Gasteiger partial charge is 0.372 e. The predicted molar refractivity (Wildman–Crippen MR) is 100 cm³/mol. The molecule has 26 heavy (non-hydrogen) atoms. The minimum atomic E-state index is -1.18. The van der Waals surface area contributed by atoms with Crippen molar-refractivity contribution in [2.75, 3.05) is 37.0 Å². The van der Waals surface area contributed by atoms with Crippen molar-refractivity contribution in [3.8, 4) is 0 Å². The lowest BCUT2D eigenvalue weighted by Crippen LogP contribution is -2.42. The molecule has 3 rings (SSSR count). The fourth-order valence-electron chi connectivity index (χ4n) is 3.79. The Balaban J connectivity index is 1.79. The molecular weight excluding hydrogens is 332 g/mol. The first-order valence-electron chi connectivity index (χ1n) is 8.97. The van der Waals surface area contributed by atoms with Gasteiger partial charge in [-0.1, -0.05) is 12.8 Å². The summed E-state index contributed by atoms with van der Waals surface area (Å²) >= 11 is 0. The van der Waals surface area contributed by atoms with Crippen LogP contribution >= 0.6 is 0 Å². The molecule has 7 nitrogen and oxygen atoms in total. The maximum atomic E-state index is 12.7. The molecule has 0 spiro atoms. The number of hydrogen-bond acceptors (Lipinski definition) is 4. The van der Waals surface area contributed by atoms with Gasteiger partial charge in [-0.3, -0.25) is 20.3 Å². The first-order chi connectivity index (χ1) is 12.5. The monoisotopic (exact) mass is 357 g/mol. The van der Waals surface area contributed by atoms with Crippen molar-refractivity contribution in [2.45, 2.75) is 32.6 Å². The number of benzene rings is 1. The number of anilines is 2. The third-order valence-electron chi connectivity index (χ3n) is 5.33. The standard InChI is InChI=1S/C19H25N4O3/c1-13-11-14(22-18(25)19(17(20)24)7-3-4-8-19)5-6-15(13)23-9-10-26-12-16(23)21-2/h5-6,11,20H,3-4,7-10,12H2,1-2H3,(H,22,25). The summed E-state index contributed by atoms with van der Waals surface area (Å²) < 4.78 is 5.45. The van der Waals surface area contributed by atoms with Crippen molar-refractivity contribution in [1.29, 1.82) is 0 Å². The number of aryl methyl sites for hydroxylation is 1. The van der Waals surface area contributed by atoms with Gasteiger partial charge in [0.15, 0.2) is 0 Å². The molecule has 1 heterocycles. The number of nitrogens with one attached hydrogen (secondary N) is 2. The number of carbonyl (C=O) groups excluding carboxylic acids is 2. The zero-order valence-corrected chi connectivity index (χ0v) is 15.3. The van der Waals surface area contributed by atoms with Crippen LogP contribution in [0.25, 0.3) is 0 Å². The van der Waals surface area contributed by atoms with E-state index >= 15 is 0 Å². The number of ether oxygens (including phenoxy) is 1. The van der Waals surface area contributed by atoms with Gasteiger partial charge < -0.3 is 15.0 Å². The molecule has 0 atom stereocenters. The molecule has 1 aromatic rings. The minimum absolute atomic E-state index is 0.357. The maximum absolute atomic E-state index is 12.7.